The number of thiazole rings is 1. The SMILES string of the molecule is CN=C(NCc1ccc(C(N)=O)cc1)NCc1nc(C(C)C)cs1. The molecule has 6 nitrogen and oxygen atoms in total. The van der Waals surface area contributed by atoms with Crippen LogP contribution in [0.3, 0.4) is 0 Å². The average molecular weight is 345 g/mol. The van der Waals surface area contributed by atoms with Gasteiger partial charge < -0.3 is 16.4 Å². The molecule has 0 bridgehead atoms. The van der Waals surface area contributed by atoms with Crippen LogP contribution < -0.4 is 16.4 Å². The Morgan fingerprint density at radius 1 is 1.25 bits per heavy atom. The van der Waals surface area contributed by atoms with E-state index in [0.717, 1.165) is 16.3 Å². The number of nitrogens with two attached hydrogens (primary N) is 1. The summed E-state index contributed by atoms with van der Waals surface area (Å²) in [6.45, 7) is 5.51. The number of carbonyl (C=O) groups is 1. The Hall–Kier alpha value is -2.41. The molecule has 0 aliphatic rings. The fraction of sp³-hybridized carbons (Fsp3) is 0.353. The monoisotopic (exact) mass is 345 g/mol. The van der Waals surface area contributed by atoms with Gasteiger partial charge in [0.1, 0.15) is 5.01 Å². The molecule has 1 heterocycles. The van der Waals surface area contributed by atoms with Crippen molar-refractivity contribution in [1.29, 1.82) is 0 Å². The van der Waals surface area contributed by atoms with E-state index in [2.05, 4.69) is 39.8 Å². The van der Waals surface area contributed by atoms with Crippen LogP contribution in [0.15, 0.2) is 34.6 Å². The van der Waals surface area contributed by atoms with Gasteiger partial charge >= 0.3 is 0 Å². The van der Waals surface area contributed by atoms with Gasteiger partial charge in [0.25, 0.3) is 0 Å². The van der Waals surface area contributed by atoms with Crippen LogP contribution in [-0.4, -0.2) is 23.9 Å². The minimum atomic E-state index is -0.420. The molecular formula is C17H23N5OS. The summed E-state index contributed by atoms with van der Waals surface area (Å²) >= 11 is 1.65. The molecule has 0 atom stereocenters. The zero-order valence-electron chi connectivity index (χ0n) is 14.2. The first-order valence-corrected chi connectivity index (χ1v) is 8.65. The van der Waals surface area contributed by atoms with E-state index in [9.17, 15) is 4.79 Å². The van der Waals surface area contributed by atoms with Crippen molar-refractivity contribution in [2.45, 2.75) is 32.9 Å². The van der Waals surface area contributed by atoms with Gasteiger partial charge in [-0.3, -0.25) is 9.79 Å². The Morgan fingerprint density at radius 2 is 1.92 bits per heavy atom. The summed E-state index contributed by atoms with van der Waals surface area (Å²) < 4.78 is 0. The van der Waals surface area contributed by atoms with Crippen LogP contribution >= 0.6 is 11.3 Å². The number of primary amides is 1. The Balaban J connectivity index is 1.84. The molecule has 0 saturated heterocycles. The van der Waals surface area contributed by atoms with Crippen LogP contribution in [0.25, 0.3) is 0 Å². The molecule has 0 radical (unpaired) electrons. The van der Waals surface area contributed by atoms with E-state index in [1.54, 1.807) is 30.5 Å². The Labute approximate surface area is 146 Å². The summed E-state index contributed by atoms with van der Waals surface area (Å²) in [5.74, 6) is 0.724. The fourth-order valence-corrected chi connectivity index (χ4v) is 2.92. The minimum absolute atomic E-state index is 0.420. The summed E-state index contributed by atoms with van der Waals surface area (Å²) in [5, 5.41) is 9.61. The molecule has 1 aromatic carbocycles. The molecule has 0 spiro atoms. The molecule has 4 N–H and O–H groups in total. The predicted octanol–water partition coefficient (Wildman–Crippen LogP) is 2.23. The van der Waals surface area contributed by atoms with Gasteiger partial charge in [0, 0.05) is 24.5 Å². The van der Waals surface area contributed by atoms with Crippen LogP contribution in [0, 0.1) is 0 Å². The lowest BCUT2D eigenvalue weighted by Gasteiger charge is -2.11. The van der Waals surface area contributed by atoms with E-state index in [-0.39, 0.29) is 0 Å². The van der Waals surface area contributed by atoms with E-state index in [4.69, 9.17) is 5.73 Å². The second kappa shape index (κ2) is 8.44. The Morgan fingerprint density at radius 3 is 2.46 bits per heavy atom. The van der Waals surface area contributed by atoms with Crippen LogP contribution in [0.1, 0.15) is 46.4 Å². The average Bonchev–Trinajstić information content (AvgIpc) is 3.04. The number of nitrogens with zero attached hydrogens (tertiary/aromatic N) is 2. The fourth-order valence-electron chi connectivity index (χ4n) is 2.02. The van der Waals surface area contributed by atoms with Gasteiger partial charge in [0.05, 0.1) is 12.2 Å². The zero-order chi connectivity index (χ0) is 17.5. The van der Waals surface area contributed by atoms with Crippen molar-refractivity contribution >= 4 is 23.2 Å². The van der Waals surface area contributed by atoms with Crippen LogP contribution in [-0.2, 0) is 13.1 Å². The molecule has 7 heteroatoms. The minimum Gasteiger partial charge on any atom is -0.366 e. The number of aromatic nitrogens is 1. The largest absolute Gasteiger partial charge is 0.366 e. The second-order valence-corrected chi connectivity index (χ2v) is 6.60. The highest BCUT2D eigenvalue weighted by Crippen LogP contribution is 2.17. The van der Waals surface area contributed by atoms with Crippen LogP contribution in [0.4, 0.5) is 0 Å². The topological polar surface area (TPSA) is 92.4 Å². The molecule has 128 valence electrons. The highest BCUT2D eigenvalue weighted by molar-refractivity contribution is 7.09. The van der Waals surface area contributed by atoms with Gasteiger partial charge in [-0.2, -0.15) is 0 Å². The van der Waals surface area contributed by atoms with Crippen molar-refractivity contribution in [2.75, 3.05) is 7.05 Å². The maximum atomic E-state index is 11.1. The normalized spacial score (nSPS) is 11.6. The summed E-state index contributed by atoms with van der Waals surface area (Å²) in [4.78, 5) is 19.9. The Kier molecular flexibility index (Phi) is 6.31. The number of hydrogen-bond donors (Lipinski definition) is 3. The maximum absolute atomic E-state index is 11.1. The van der Waals surface area contributed by atoms with Crippen molar-refractivity contribution in [3.05, 3.63) is 51.5 Å². The summed E-state index contributed by atoms with van der Waals surface area (Å²) in [5.41, 5.74) is 7.90. The predicted molar refractivity (Wildman–Crippen MR) is 98.2 cm³/mol. The van der Waals surface area contributed by atoms with Gasteiger partial charge in [-0.25, -0.2) is 4.98 Å². The lowest BCUT2D eigenvalue weighted by atomic mass is 10.1. The van der Waals surface area contributed by atoms with Gasteiger partial charge in [-0.05, 0) is 23.6 Å². The van der Waals surface area contributed by atoms with Gasteiger partial charge in [-0.15, -0.1) is 11.3 Å². The number of aliphatic imine (C=N–C) groups is 1. The smallest absolute Gasteiger partial charge is 0.248 e. The quantitative estimate of drug-likeness (QED) is 0.553. The van der Waals surface area contributed by atoms with Crippen molar-refractivity contribution in [3.63, 3.8) is 0 Å². The first-order valence-electron chi connectivity index (χ1n) is 7.77. The van der Waals surface area contributed by atoms with Crippen molar-refractivity contribution < 1.29 is 4.79 Å². The van der Waals surface area contributed by atoms with Crippen LogP contribution in [0.2, 0.25) is 0 Å². The summed E-state index contributed by atoms with van der Waals surface area (Å²) in [6.07, 6.45) is 0. The van der Waals surface area contributed by atoms with Gasteiger partial charge in [0.15, 0.2) is 5.96 Å². The van der Waals surface area contributed by atoms with Crippen molar-refractivity contribution in [1.82, 2.24) is 15.6 Å². The number of hydrogen-bond acceptors (Lipinski definition) is 4. The van der Waals surface area contributed by atoms with Crippen LogP contribution in [0.5, 0.6) is 0 Å². The third-order valence-electron chi connectivity index (χ3n) is 3.49. The molecule has 2 rings (SSSR count). The maximum Gasteiger partial charge on any atom is 0.248 e. The number of guanidine groups is 1. The molecule has 0 saturated carbocycles. The molecule has 0 aliphatic heterocycles. The highest BCUT2D eigenvalue weighted by atomic mass is 32.1. The number of amides is 1. The van der Waals surface area contributed by atoms with Crippen molar-refractivity contribution in [3.8, 4) is 0 Å². The van der Waals surface area contributed by atoms with E-state index in [1.807, 2.05) is 12.1 Å². The Bertz CT molecular complexity index is 706. The number of benzene rings is 1. The molecule has 0 fully saturated rings. The van der Waals surface area contributed by atoms with E-state index >= 15 is 0 Å². The first-order chi connectivity index (χ1) is 11.5. The van der Waals surface area contributed by atoms with Gasteiger partial charge in [0.2, 0.25) is 5.91 Å². The molecule has 24 heavy (non-hydrogen) atoms. The molecule has 2 aromatic rings. The third-order valence-corrected chi connectivity index (χ3v) is 4.36. The molecule has 0 aliphatic carbocycles. The first kappa shape index (κ1) is 17.9. The van der Waals surface area contributed by atoms with Gasteiger partial charge in [-0.1, -0.05) is 26.0 Å². The highest BCUT2D eigenvalue weighted by Gasteiger charge is 2.06. The molecule has 1 aromatic heterocycles. The molecular weight excluding hydrogens is 322 g/mol. The number of rotatable bonds is 6. The zero-order valence-corrected chi connectivity index (χ0v) is 15.0. The lowest BCUT2D eigenvalue weighted by Crippen LogP contribution is -2.36. The van der Waals surface area contributed by atoms with E-state index in [1.165, 1.54) is 0 Å². The number of nitrogens with one attached hydrogen (secondary N) is 2. The van der Waals surface area contributed by atoms with E-state index < -0.39 is 5.91 Å². The summed E-state index contributed by atoms with van der Waals surface area (Å²) in [7, 11) is 1.73. The second-order valence-electron chi connectivity index (χ2n) is 5.66. The molecule has 1 amide bonds. The van der Waals surface area contributed by atoms with E-state index in [0.29, 0.717) is 30.5 Å². The summed E-state index contributed by atoms with van der Waals surface area (Å²) in [6, 6.07) is 7.18. The number of carbonyl (C=O) groups excluding carboxylic acids is 1. The third kappa shape index (κ3) is 5.06. The van der Waals surface area contributed by atoms with Crippen molar-refractivity contribution in [2.24, 2.45) is 10.7 Å². The molecule has 0 unspecified atom stereocenters. The standard InChI is InChI=1S/C17H23N5OS/c1-11(2)14-10-24-15(22-14)9-21-17(19-3)20-8-12-4-6-13(7-5-12)16(18)23/h4-7,10-11H,8-9H2,1-3H3,(H2,18,23)(H2,19,20,21). The lowest BCUT2D eigenvalue weighted by molar-refractivity contribution is 0.100.